The lowest BCUT2D eigenvalue weighted by molar-refractivity contribution is 0.0274. The summed E-state index contributed by atoms with van der Waals surface area (Å²) in [5.74, 6) is 1.57. The van der Waals surface area contributed by atoms with E-state index in [0.717, 1.165) is 24.9 Å². The number of likely N-dealkylation sites (tertiary alicyclic amines) is 1. The van der Waals surface area contributed by atoms with E-state index in [1.54, 1.807) is 6.08 Å². The quantitative estimate of drug-likeness (QED) is 0.610. The predicted molar refractivity (Wildman–Crippen MR) is 76.6 cm³/mol. The van der Waals surface area contributed by atoms with E-state index in [4.69, 9.17) is 4.74 Å². The Morgan fingerprint density at radius 2 is 1.67 bits per heavy atom. The summed E-state index contributed by atoms with van der Waals surface area (Å²) < 4.78 is 5.28. The number of allylic oxidation sites excluding steroid dienone is 1. The molecule has 0 N–H and O–H groups in total. The number of fused-ring (bicyclic) bond motifs is 1. The summed E-state index contributed by atoms with van der Waals surface area (Å²) in [6, 6.07) is 0. The van der Waals surface area contributed by atoms with E-state index in [-0.39, 0.29) is 11.7 Å². The minimum Gasteiger partial charge on any atom is -0.444 e. The zero-order chi connectivity index (χ0) is 14.3. The highest BCUT2D eigenvalue weighted by atomic mass is 16.6. The summed E-state index contributed by atoms with van der Waals surface area (Å²) in [5.41, 5.74) is -0.357. The number of nitrogens with zero attached hydrogens (tertiary/aromatic N) is 1. The summed E-state index contributed by atoms with van der Waals surface area (Å²) in [7, 11) is 0. The van der Waals surface area contributed by atoms with Crippen LogP contribution < -0.4 is 0 Å². The van der Waals surface area contributed by atoms with Crippen molar-refractivity contribution in [2.75, 3.05) is 13.1 Å². The molecule has 0 aromatic carbocycles. The minimum absolute atomic E-state index is 0.139. The molecule has 1 saturated carbocycles. The van der Waals surface area contributed by atoms with Gasteiger partial charge in [0.25, 0.3) is 0 Å². The first-order valence-corrected chi connectivity index (χ1v) is 6.92. The number of carbonyl (C=O) groups excluding carboxylic acids is 1. The topological polar surface area (TPSA) is 29.5 Å². The van der Waals surface area contributed by atoms with Crippen LogP contribution in [0.15, 0.2) is 12.7 Å². The fourth-order valence-electron chi connectivity index (χ4n) is 1.87. The molecular formula is C15H29NO2. The number of hydrogen-bond acceptors (Lipinski definition) is 2. The van der Waals surface area contributed by atoms with Gasteiger partial charge in [-0.15, -0.1) is 6.58 Å². The van der Waals surface area contributed by atoms with Crippen molar-refractivity contribution in [2.45, 2.75) is 53.6 Å². The highest BCUT2D eigenvalue weighted by Crippen LogP contribution is 2.45. The Morgan fingerprint density at radius 3 is 2.00 bits per heavy atom. The Morgan fingerprint density at radius 1 is 1.28 bits per heavy atom. The average Bonchev–Trinajstić information content (AvgIpc) is 2.87. The van der Waals surface area contributed by atoms with E-state index in [1.165, 1.54) is 6.42 Å². The molecule has 0 radical (unpaired) electrons. The van der Waals surface area contributed by atoms with Gasteiger partial charge in [-0.2, -0.15) is 0 Å². The van der Waals surface area contributed by atoms with Crippen molar-refractivity contribution < 1.29 is 9.53 Å². The molecule has 2 rings (SSSR count). The zero-order valence-electron chi connectivity index (χ0n) is 12.8. The van der Waals surface area contributed by atoms with Gasteiger partial charge in [0.1, 0.15) is 5.60 Å². The number of hydrogen-bond donors (Lipinski definition) is 0. The molecule has 2 fully saturated rings. The Bertz CT molecular complexity index is 258. The van der Waals surface area contributed by atoms with Gasteiger partial charge in [-0.3, -0.25) is 0 Å². The van der Waals surface area contributed by atoms with Gasteiger partial charge in [0.2, 0.25) is 0 Å². The van der Waals surface area contributed by atoms with Crippen molar-refractivity contribution in [3.05, 3.63) is 12.7 Å². The number of carbonyl (C=O) groups is 1. The normalized spacial score (nSPS) is 23.8. The van der Waals surface area contributed by atoms with Crippen molar-refractivity contribution in [3.8, 4) is 0 Å². The molecule has 18 heavy (non-hydrogen) atoms. The van der Waals surface area contributed by atoms with Crippen LogP contribution >= 0.6 is 0 Å². The molecule has 2 unspecified atom stereocenters. The zero-order valence-corrected chi connectivity index (χ0v) is 12.8. The molecule has 2 aliphatic rings. The van der Waals surface area contributed by atoms with Crippen molar-refractivity contribution >= 4 is 6.09 Å². The molecular weight excluding hydrogens is 226 g/mol. The monoisotopic (exact) mass is 255 g/mol. The molecule has 0 spiro atoms. The SMILES string of the molecule is C=CC.CC.CC(C)(C)OC(=O)N1CC2CC2C1. The van der Waals surface area contributed by atoms with Gasteiger partial charge in [0.05, 0.1) is 0 Å². The van der Waals surface area contributed by atoms with E-state index in [0.29, 0.717) is 0 Å². The van der Waals surface area contributed by atoms with Gasteiger partial charge in [-0.1, -0.05) is 19.9 Å². The first-order chi connectivity index (χ1) is 8.37. The number of amides is 1. The van der Waals surface area contributed by atoms with E-state index in [1.807, 2.05) is 46.4 Å². The van der Waals surface area contributed by atoms with Crippen molar-refractivity contribution in [3.63, 3.8) is 0 Å². The maximum atomic E-state index is 11.5. The number of ether oxygens (including phenoxy) is 1. The maximum absolute atomic E-state index is 11.5. The second kappa shape index (κ2) is 7.45. The van der Waals surface area contributed by atoms with Gasteiger partial charge >= 0.3 is 6.09 Å². The standard InChI is InChI=1S/C10H17NO2.C3H6.C2H6/c1-10(2,3)13-9(12)11-5-7-4-8(7)6-11;1-3-2;1-2/h7-8H,4-6H2,1-3H3;3H,1H2,2H3;1-2H3. The molecule has 2 atom stereocenters. The minimum atomic E-state index is -0.357. The molecule has 1 aliphatic heterocycles. The smallest absolute Gasteiger partial charge is 0.410 e. The first kappa shape index (κ1) is 17.0. The molecule has 0 bridgehead atoms. The van der Waals surface area contributed by atoms with Crippen LogP contribution in [0.3, 0.4) is 0 Å². The van der Waals surface area contributed by atoms with Crippen LogP contribution in [0, 0.1) is 11.8 Å². The molecule has 1 aliphatic carbocycles. The van der Waals surface area contributed by atoms with E-state index < -0.39 is 0 Å². The molecule has 0 aromatic heterocycles. The summed E-state index contributed by atoms with van der Waals surface area (Å²) >= 11 is 0. The maximum Gasteiger partial charge on any atom is 0.410 e. The Labute approximate surface area is 112 Å². The highest BCUT2D eigenvalue weighted by molar-refractivity contribution is 5.68. The van der Waals surface area contributed by atoms with E-state index in [2.05, 4.69) is 6.58 Å². The van der Waals surface area contributed by atoms with Crippen LogP contribution in [0.4, 0.5) is 4.79 Å². The summed E-state index contributed by atoms with van der Waals surface area (Å²) in [5, 5.41) is 0. The Balaban J connectivity index is 0.000000509. The molecule has 1 amide bonds. The fraction of sp³-hybridized carbons (Fsp3) is 0.800. The highest BCUT2D eigenvalue weighted by Gasteiger charge is 2.47. The van der Waals surface area contributed by atoms with Crippen molar-refractivity contribution in [2.24, 2.45) is 11.8 Å². The lowest BCUT2D eigenvalue weighted by atomic mass is 10.2. The second-order valence-corrected chi connectivity index (χ2v) is 5.55. The van der Waals surface area contributed by atoms with Crippen LogP contribution in [0.2, 0.25) is 0 Å². The lowest BCUT2D eigenvalue weighted by Gasteiger charge is -2.25. The molecule has 3 heteroatoms. The Hall–Kier alpha value is -0.990. The third-order valence-corrected chi connectivity index (χ3v) is 2.63. The van der Waals surface area contributed by atoms with Crippen LogP contribution in [-0.4, -0.2) is 29.7 Å². The third-order valence-electron chi connectivity index (χ3n) is 2.63. The van der Waals surface area contributed by atoms with Gasteiger partial charge in [0, 0.05) is 13.1 Å². The van der Waals surface area contributed by atoms with Crippen molar-refractivity contribution in [1.82, 2.24) is 4.90 Å². The molecule has 1 heterocycles. The average molecular weight is 255 g/mol. The first-order valence-electron chi connectivity index (χ1n) is 6.92. The summed E-state index contributed by atoms with van der Waals surface area (Å²) in [4.78, 5) is 13.4. The number of rotatable bonds is 0. The van der Waals surface area contributed by atoms with Crippen molar-refractivity contribution in [1.29, 1.82) is 0 Å². The summed E-state index contributed by atoms with van der Waals surface area (Å²) in [6.07, 6.45) is 2.93. The molecule has 3 nitrogen and oxygen atoms in total. The van der Waals surface area contributed by atoms with Gasteiger partial charge < -0.3 is 9.64 Å². The molecule has 106 valence electrons. The molecule has 0 aromatic rings. The van der Waals surface area contributed by atoms with Crippen LogP contribution in [0.25, 0.3) is 0 Å². The van der Waals surface area contributed by atoms with Crippen LogP contribution in [0.1, 0.15) is 48.0 Å². The van der Waals surface area contributed by atoms with Gasteiger partial charge in [0.15, 0.2) is 0 Å². The van der Waals surface area contributed by atoms with Gasteiger partial charge in [-0.05, 0) is 46.0 Å². The second-order valence-electron chi connectivity index (χ2n) is 5.55. The van der Waals surface area contributed by atoms with Gasteiger partial charge in [-0.25, -0.2) is 4.79 Å². The van der Waals surface area contributed by atoms with E-state index in [9.17, 15) is 4.79 Å². The largest absolute Gasteiger partial charge is 0.444 e. The van der Waals surface area contributed by atoms with Crippen LogP contribution in [0.5, 0.6) is 0 Å². The fourth-order valence-corrected chi connectivity index (χ4v) is 1.87. The predicted octanol–water partition coefficient (Wildman–Crippen LogP) is 4.09. The van der Waals surface area contributed by atoms with Crippen LogP contribution in [-0.2, 0) is 4.74 Å². The Kier molecular flexibility index (Phi) is 7.04. The summed E-state index contributed by atoms with van der Waals surface area (Å²) in [6.45, 7) is 16.8. The number of piperidine rings is 1. The molecule has 1 saturated heterocycles. The third kappa shape index (κ3) is 6.08. The lowest BCUT2D eigenvalue weighted by Crippen LogP contribution is -2.36. The van der Waals surface area contributed by atoms with E-state index >= 15 is 0 Å².